The molecule has 0 spiro atoms. The first-order chi connectivity index (χ1) is 14.0. The molecule has 0 aliphatic heterocycles. The van der Waals surface area contributed by atoms with Gasteiger partial charge in [-0.15, -0.1) is 11.3 Å². The second-order valence-corrected chi connectivity index (χ2v) is 9.05. The lowest BCUT2D eigenvalue weighted by Crippen LogP contribution is -2.10. The quantitative estimate of drug-likeness (QED) is 0.308. The molecule has 1 amide bonds. The summed E-state index contributed by atoms with van der Waals surface area (Å²) in [5, 5.41) is 4.32. The van der Waals surface area contributed by atoms with Gasteiger partial charge < -0.3 is 4.42 Å². The smallest absolute Gasteiger partial charge is 0.293 e. The monoisotopic (exact) mass is 506 g/mol. The van der Waals surface area contributed by atoms with Crippen molar-refractivity contribution in [1.82, 2.24) is 4.98 Å². The summed E-state index contributed by atoms with van der Waals surface area (Å²) in [6, 6.07) is 16.5. The van der Waals surface area contributed by atoms with Crippen molar-refractivity contribution in [2.75, 3.05) is 5.32 Å². The average molecular weight is 508 g/mol. The highest BCUT2D eigenvalue weighted by molar-refractivity contribution is 9.10. The van der Waals surface area contributed by atoms with Crippen LogP contribution in [0.1, 0.15) is 21.0 Å². The summed E-state index contributed by atoms with van der Waals surface area (Å²) in [7, 11) is 0. The van der Waals surface area contributed by atoms with Crippen LogP contribution in [0.3, 0.4) is 0 Å². The molecule has 146 valence electrons. The molecule has 2 aromatic carbocycles. The predicted molar refractivity (Wildman–Crippen MR) is 121 cm³/mol. The second kappa shape index (κ2) is 8.71. The van der Waals surface area contributed by atoms with Crippen LogP contribution in [0.15, 0.2) is 69.7 Å². The second-order valence-electron chi connectivity index (χ2n) is 6.18. The molecule has 8 heteroatoms. The first-order valence-corrected chi connectivity index (χ1v) is 10.9. The standard InChI is InChI=1S/C21H13BrCl2N2O2S/c22-13-3-1-12(2-4-13)9-15-11-25-21(29-15)26-20(27)19-8-7-18(28-19)16-10-14(23)5-6-17(16)24/h1-8,10-11H,9H2,(H,25,26,27). The van der Waals surface area contributed by atoms with Crippen molar-refractivity contribution in [2.24, 2.45) is 0 Å². The van der Waals surface area contributed by atoms with Crippen molar-refractivity contribution in [3.8, 4) is 11.3 Å². The molecule has 0 fully saturated rings. The van der Waals surface area contributed by atoms with Crippen LogP contribution in [0, 0.1) is 0 Å². The van der Waals surface area contributed by atoms with Gasteiger partial charge in [0.15, 0.2) is 10.9 Å². The van der Waals surface area contributed by atoms with E-state index in [1.54, 1.807) is 36.5 Å². The molecule has 4 rings (SSSR count). The van der Waals surface area contributed by atoms with Crippen molar-refractivity contribution in [2.45, 2.75) is 6.42 Å². The van der Waals surface area contributed by atoms with Crippen molar-refractivity contribution in [1.29, 1.82) is 0 Å². The normalized spacial score (nSPS) is 10.9. The van der Waals surface area contributed by atoms with Crippen LogP contribution in [0.2, 0.25) is 10.0 Å². The van der Waals surface area contributed by atoms with Gasteiger partial charge in [0, 0.05) is 32.6 Å². The first-order valence-electron chi connectivity index (χ1n) is 8.54. The lowest BCUT2D eigenvalue weighted by atomic mass is 10.1. The molecule has 2 heterocycles. The van der Waals surface area contributed by atoms with Crippen molar-refractivity contribution in [3.05, 3.63) is 91.5 Å². The fraction of sp³-hybridized carbons (Fsp3) is 0.0476. The predicted octanol–water partition coefficient (Wildman–Crippen LogP) is 7.32. The largest absolute Gasteiger partial charge is 0.451 e. The molecule has 0 atom stereocenters. The Morgan fingerprint density at radius 3 is 2.69 bits per heavy atom. The third-order valence-corrected chi connectivity index (χ3v) is 6.10. The van der Waals surface area contributed by atoms with Gasteiger partial charge in [0.2, 0.25) is 0 Å². The Kier molecular flexibility index (Phi) is 6.06. The maximum absolute atomic E-state index is 12.5. The van der Waals surface area contributed by atoms with E-state index in [1.165, 1.54) is 16.9 Å². The lowest BCUT2D eigenvalue weighted by Gasteiger charge is -2.02. The number of amides is 1. The van der Waals surface area contributed by atoms with Gasteiger partial charge in [0.05, 0.1) is 5.02 Å². The molecule has 0 aliphatic rings. The maximum atomic E-state index is 12.5. The summed E-state index contributed by atoms with van der Waals surface area (Å²) < 4.78 is 6.71. The topological polar surface area (TPSA) is 55.1 Å². The van der Waals surface area contributed by atoms with Gasteiger partial charge >= 0.3 is 0 Å². The van der Waals surface area contributed by atoms with E-state index in [-0.39, 0.29) is 11.7 Å². The van der Waals surface area contributed by atoms with Crippen LogP contribution >= 0.6 is 50.5 Å². The summed E-state index contributed by atoms with van der Waals surface area (Å²) in [4.78, 5) is 17.8. The molecule has 29 heavy (non-hydrogen) atoms. The van der Waals surface area contributed by atoms with Gasteiger partial charge in [0.25, 0.3) is 5.91 Å². The number of aromatic nitrogens is 1. The SMILES string of the molecule is O=C(Nc1ncc(Cc2ccc(Br)cc2)s1)c1ccc(-c2cc(Cl)ccc2Cl)o1. The third kappa shape index (κ3) is 4.90. The molecular weight excluding hydrogens is 495 g/mol. The number of rotatable bonds is 5. The van der Waals surface area contributed by atoms with E-state index < -0.39 is 0 Å². The Bertz CT molecular complexity index is 1170. The van der Waals surface area contributed by atoms with E-state index in [9.17, 15) is 4.79 Å². The molecule has 2 aromatic heterocycles. The van der Waals surface area contributed by atoms with E-state index in [4.69, 9.17) is 27.6 Å². The highest BCUT2D eigenvalue weighted by Crippen LogP contribution is 2.32. The minimum atomic E-state index is -0.376. The van der Waals surface area contributed by atoms with E-state index >= 15 is 0 Å². The molecule has 0 aliphatic carbocycles. The Labute approximate surface area is 189 Å². The molecule has 0 saturated carbocycles. The molecule has 4 aromatic rings. The van der Waals surface area contributed by atoms with Crippen molar-refractivity contribution in [3.63, 3.8) is 0 Å². The Balaban J connectivity index is 1.45. The van der Waals surface area contributed by atoms with Crippen molar-refractivity contribution >= 4 is 61.5 Å². The zero-order chi connectivity index (χ0) is 20.4. The number of hydrogen-bond donors (Lipinski definition) is 1. The molecule has 0 radical (unpaired) electrons. The highest BCUT2D eigenvalue weighted by Gasteiger charge is 2.16. The van der Waals surface area contributed by atoms with Crippen LogP contribution in [0.4, 0.5) is 5.13 Å². The summed E-state index contributed by atoms with van der Waals surface area (Å²) in [6.07, 6.45) is 2.51. The number of carbonyl (C=O) groups is 1. The molecule has 1 N–H and O–H groups in total. The van der Waals surface area contributed by atoms with Crippen LogP contribution in [0.5, 0.6) is 0 Å². The Hall–Kier alpha value is -2.12. The van der Waals surface area contributed by atoms with Gasteiger partial charge in [-0.05, 0) is 48.0 Å². The molecule has 0 unspecified atom stereocenters. The molecular formula is C21H13BrCl2N2O2S. The number of nitrogens with one attached hydrogen (secondary N) is 1. The number of carbonyl (C=O) groups excluding carboxylic acids is 1. The Morgan fingerprint density at radius 2 is 1.90 bits per heavy atom. The highest BCUT2D eigenvalue weighted by atomic mass is 79.9. The van der Waals surface area contributed by atoms with E-state index in [0.717, 1.165) is 15.8 Å². The van der Waals surface area contributed by atoms with E-state index in [2.05, 4.69) is 26.2 Å². The zero-order valence-corrected chi connectivity index (χ0v) is 18.7. The van der Waals surface area contributed by atoms with Gasteiger partial charge in [-0.2, -0.15) is 0 Å². The van der Waals surface area contributed by atoms with Crippen LogP contribution in [-0.2, 0) is 6.42 Å². The van der Waals surface area contributed by atoms with Gasteiger partial charge in [-0.25, -0.2) is 4.98 Å². The number of thiazole rings is 1. The van der Waals surface area contributed by atoms with E-state index in [0.29, 0.717) is 26.5 Å². The minimum absolute atomic E-state index is 0.167. The van der Waals surface area contributed by atoms with E-state index in [1.807, 2.05) is 24.3 Å². The van der Waals surface area contributed by atoms with Crippen LogP contribution in [0.25, 0.3) is 11.3 Å². The number of nitrogens with zero attached hydrogens (tertiary/aromatic N) is 1. The van der Waals surface area contributed by atoms with Crippen molar-refractivity contribution < 1.29 is 9.21 Å². The molecule has 0 saturated heterocycles. The fourth-order valence-corrected chi connectivity index (χ4v) is 4.19. The van der Waals surface area contributed by atoms with Gasteiger partial charge in [0.1, 0.15) is 5.76 Å². The summed E-state index contributed by atoms with van der Waals surface area (Å²) in [5.74, 6) is 0.261. The summed E-state index contributed by atoms with van der Waals surface area (Å²) in [6.45, 7) is 0. The number of halogens is 3. The number of furan rings is 1. The van der Waals surface area contributed by atoms with Gasteiger partial charge in [-0.3, -0.25) is 10.1 Å². The third-order valence-electron chi connectivity index (χ3n) is 4.09. The van der Waals surface area contributed by atoms with Gasteiger partial charge in [-0.1, -0.05) is 51.3 Å². The zero-order valence-electron chi connectivity index (χ0n) is 14.8. The Morgan fingerprint density at radius 1 is 1.10 bits per heavy atom. The fourth-order valence-electron chi connectivity index (χ4n) is 2.70. The summed E-state index contributed by atoms with van der Waals surface area (Å²) >= 11 is 17.1. The number of benzene rings is 2. The lowest BCUT2D eigenvalue weighted by molar-refractivity contribution is 0.0997. The first kappa shape index (κ1) is 20.2. The molecule has 0 bridgehead atoms. The average Bonchev–Trinajstić information content (AvgIpc) is 3.35. The number of anilines is 1. The minimum Gasteiger partial charge on any atom is -0.451 e. The summed E-state index contributed by atoms with van der Waals surface area (Å²) in [5.41, 5.74) is 1.80. The van der Waals surface area contributed by atoms with Crippen LogP contribution < -0.4 is 5.32 Å². The molecule has 4 nitrogen and oxygen atoms in total. The maximum Gasteiger partial charge on any atom is 0.293 e. The van der Waals surface area contributed by atoms with Crippen LogP contribution in [-0.4, -0.2) is 10.9 Å². The number of hydrogen-bond acceptors (Lipinski definition) is 4.